The summed E-state index contributed by atoms with van der Waals surface area (Å²) in [6, 6.07) is 22.6. The van der Waals surface area contributed by atoms with E-state index >= 15 is 0 Å². The molecule has 0 saturated carbocycles. The lowest BCUT2D eigenvalue weighted by atomic mass is 10.2. The Hall–Kier alpha value is -3.99. The Labute approximate surface area is 317 Å². The summed E-state index contributed by atoms with van der Waals surface area (Å²) in [6.45, 7) is 5.77. The molecule has 288 valence electrons. The number of aryl methyl sites for hydroxylation is 1. The summed E-state index contributed by atoms with van der Waals surface area (Å²) in [7, 11) is -3.71. The molecule has 1 N–H and O–H groups in total. The van der Waals surface area contributed by atoms with E-state index in [1.807, 2.05) is 19.1 Å². The van der Waals surface area contributed by atoms with Gasteiger partial charge in [0.2, 0.25) is 0 Å². The first-order valence-electron chi connectivity index (χ1n) is 16.4. The van der Waals surface area contributed by atoms with Gasteiger partial charge in [0.1, 0.15) is 29.3 Å². The summed E-state index contributed by atoms with van der Waals surface area (Å²) in [4.78, 5) is 22.0. The van der Waals surface area contributed by atoms with Gasteiger partial charge in [0, 0.05) is 46.8 Å². The van der Waals surface area contributed by atoms with Crippen LogP contribution in [0.3, 0.4) is 0 Å². The fraction of sp³-hybridized carbons (Fsp3) is 0.351. The van der Waals surface area contributed by atoms with Crippen LogP contribution in [-0.2, 0) is 33.2 Å². The molecule has 53 heavy (non-hydrogen) atoms. The number of phenols is 1. The molecule has 0 unspecified atom stereocenters. The SMILES string of the molecule is Cc1ccc(S(=O)(=O)OCCOCCOCCCl)cc1.O=c1ccc2ccc(O)cc2o1.O=c1ccc2ccc(OCCOCCOCCCl)cc2o1. The van der Waals surface area contributed by atoms with Gasteiger partial charge in [-0.05, 0) is 55.5 Å². The number of aromatic hydroxyl groups is 1. The maximum atomic E-state index is 11.8. The summed E-state index contributed by atoms with van der Waals surface area (Å²) in [6.07, 6.45) is 0. The molecule has 0 amide bonds. The molecule has 0 saturated heterocycles. The normalized spacial score (nSPS) is 11.1. The number of fused-ring (bicyclic) bond motifs is 2. The molecule has 0 spiro atoms. The van der Waals surface area contributed by atoms with Crippen LogP contribution in [0.5, 0.6) is 11.5 Å². The van der Waals surface area contributed by atoms with Gasteiger partial charge >= 0.3 is 11.3 Å². The Morgan fingerprint density at radius 1 is 0.585 bits per heavy atom. The first kappa shape index (κ1) is 43.4. The van der Waals surface area contributed by atoms with E-state index in [-0.39, 0.29) is 29.5 Å². The lowest BCUT2D eigenvalue weighted by molar-refractivity contribution is 0.0410. The standard InChI is InChI=1S/C15H17ClO5.C13H19ClO5S.C9H6O3/c16-5-6-18-7-8-19-9-10-20-13-3-1-12-2-4-15(17)21-14(12)11-13;1-12-2-4-13(5-3-12)20(15,16)19-11-10-18-9-8-17-7-6-14;10-7-3-1-6-2-4-9(11)12-8(6)5-7/h1-4,11H,5-10H2;2-5H,6-11H2,1H3;1-5,10H. The van der Waals surface area contributed by atoms with E-state index in [0.29, 0.717) is 81.5 Å². The summed E-state index contributed by atoms with van der Waals surface area (Å²) in [5.41, 5.74) is 1.12. The predicted octanol–water partition coefficient (Wildman–Crippen LogP) is 5.91. The molecule has 5 rings (SSSR count). The Kier molecular flexibility index (Phi) is 19.9. The molecule has 0 bridgehead atoms. The molecule has 0 atom stereocenters. The second-order valence-corrected chi connectivity index (χ2v) is 13.1. The van der Waals surface area contributed by atoms with E-state index in [4.69, 9.17) is 65.0 Å². The van der Waals surface area contributed by atoms with Gasteiger partial charge in [0.25, 0.3) is 10.1 Å². The zero-order valence-electron chi connectivity index (χ0n) is 29.1. The number of rotatable bonds is 19. The van der Waals surface area contributed by atoms with Crippen molar-refractivity contribution < 1.29 is 50.2 Å². The topological polar surface area (TPSA) is 170 Å². The van der Waals surface area contributed by atoms with E-state index in [1.54, 1.807) is 42.5 Å². The van der Waals surface area contributed by atoms with Gasteiger partial charge in [0.15, 0.2) is 0 Å². The average molecular weight is 798 g/mol. The van der Waals surface area contributed by atoms with Gasteiger partial charge < -0.3 is 37.6 Å². The summed E-state index contributed by atoms with van der Waals surface area (Å²) >= 11 is 10.9. The predicted molar refractivity (Wildman–Crippen MR) is 201 cm³/mol. The number of hydrogen-bond acceptors (Lipinski definition) is 13. The van der Waals surface area contributed by atoms with Gasteiger partial charge in [-0.3, -0.25) is 4.18 Å². The van der Waals surface area contributed by atoms with Gasteiger partial charge in [0.05, 0.1) is 64.4 Å². The Morgan fingerprint density at radius 2 is 1.06 bits per heavy atom. The highest BCUT2D eigenvalue weighted by atomic mass is 35.5. The highest BCUT2D eigenvalue weighted by molar-refractivity contribution is 7.86. The minimum atomic E-state index is -3.71. The second kappa shape index (κ2) is 24.3. The maximum Gasteiger partial charge on any atom is 0.336 e. The molecule has 0 radical (unpaired) electrons. The quantitative estimate of drug-likeness (QED) is 0.0453. The van der Waals surface area contributed by atoms with Crippen molar-refractivity contribution in [3.63, 3.8) is 0 Å². The second-order valence-electron chi connectivity index (χ2n) is 10.7. The van der Waals surface area contributed by atoms with E-state index in [2.05, 4.69) is 0 Å². The largest absolute Gasteiger partial charge is 0.508 e. The lowest BCUT2D eigenvalue weighted by Gasteiger charge is -2.08. The first-order chi connectivity index (χ1) is 25.6. The summed E-state index contributed by atoms with van der Waals surface area (Å²) in [5.74, 6) is 1.66. The molecule has 0 aliphatic rings. The highest BCUT2D eigenvalue weighted by Gasteiger charge is 2.14. The van der Waals surface area contributed by atoms with Crippen molar-refractivity contribution in [1.29, 1.82) is 0 Å². The molecule has 5 aromatic rings. The molecule has 3 aromatic carbocycles. The molecule has 0 fully saturated rings. The smallest absolute Gasteiger partial charge is 0.336 e. The van der Waals surface area contributed by atoms with Gasteiger partial charge in [-0.2, -0.15) is 8.42 Å². The molecular weight excluding hydrogens is 755 g/mol. The lowest BCUT2D eigenvalue weighted by Crippen LogP contribution is -2.13. The van der Waals surface area contributed by atoms with Crippen LogP contribution in [0, 0.1) is 6.92 Å². The maximum absolute atomic E-state index is 11.8. The van der Waals surface area contributed by atoms with Crippen LogP contribution < -0.4 is 16.0 Å². The van der Waals surface area contributed by atoms with Crippen molar-refractivity contribution in [3.8, 4) is 11.5 Å². The molecule has 0 aliphatic heterocycles. The Bertz CT molecular complexity index is 2020. The molecule has 2 aromatic heterocycles. The van der Waals surface area contributed by atoms with Crippen molar-refractivity contribution in [2.24, 2.45) is 0 Å². The number of hydrogen-bond donors (Lipinski definition) is 1. The van der Waals surface area contributed by atoms with Crippen molar-refractivity contribution in [2.75, 3.05) is 77.8 Å². The third-order valence-electron chi connectivity index (χ3n) is 6.66. The third-order valence-corrected chi connectivity index (χ3v) is 8.30. The van der Waals surface area contributed by atoms with Crippen LogP contribution in [0.25, 0.3) is 21.9 Å². The zero-order valence-corrected chi connectivity index (χ0v) is 31.4. The summed E-state index contributed by atoms with van der Waals surface area (Å²) in [5, 5.41) is 10.7. The van der Waals surface area contributed by atoms with Crippen LogP contribution in [0.15, 0.2) is 108 Å². The fourth-order valence-electron chi connectivity index (χ4n) is 4.13. The van der Waals surface area contributed by atoms with Crippen LogP contribution in [0.4, 0.5) is 0 Å². The number of alkyl halides is 2. The molecule has 13 nitrogen and oxygen atoms in total. The van der Waals surface area contributed by atoms with Crippen molar-refractivity contribution in [2.45, 2.75) is 11.8 Å². The summed E-state index contributed by atoms with van der Waals surface area (Å²) < 4.78 is 64.7. The first-order valence-corrected chi connectivity index (χ1v) is 18.9. The average Bonchev–Trinajstić information content (AvgIpc) is 3.14. The van der Waals surface area contributed by atoms with Crippen LogP contribution in [-0.4, -0.2) is 91.4 Å². The number of phenolic OH excluding ortho intramolecular Hbond substituents is 1. The van der Waals surface area contributed by atoms with E-state index in [9.17, 15) is 18.0 Å². The van der Waals surface area contributed by atoms with Gasteiger partial charge in [-0.25, -0.2) is 9.59 Å². The number of benzene rings is 3. The van der Waals surface area contributed by atoms with Crippen molar-refractivity contribution in [1.82, 2.24) is 0 Å². The number of ether oxygens (including phenoxy) is 5. The molecular formula is C37H42Cl2O13S. The Morgan fingerprint density at radius 3 is 1.62 bits per heavy atom. The highest BCUT2D eigenvalue weighted by Crippen LogP contribution is 2.20. The van der Waals surface area contributed by atoms with Crippen LogP contribution >= 0.6 is 23.2 Å². The van der Waals surface area contributed by atoms with E-state index in [1.165, 1.54) is 30.3 Å². The van der Waals surface area contributed by atoms with Gasteiger partial charge in [-0.1, -0.05) is 17.7 Å². The van der Waals surface area contributed by atoms with Crippen LogP contribution in [0.2, 0.25) is 0 Å². The monoisotopic (exact) mass is 796 g/mol. The third kappa shape index (κ3) is 17.1. The number of halogens is 2. The molecule has 16 heteroatoms. The minimum Gasteiger partial charge on any atom is -0.508 e. The van der Waals surface area contributed by atoms with Crippen molar-refractivity contribution in [3.05, 3.63) is 111 Å². The fourth-order valence-corrected chi connectivity index (χ4v) is 5.24. The zero-order chi connectivity index (χ0) is 38.3. The van der Waals surface area contributed by atoms with E-state index in [0.717, 1.165) is 16.3 Å². The van der Waals surface area contributed by atoms with Crippen molar-refractivity contribution >= 4 is 55.3 Å². The molecule has 0 aliphatic carbocycles. The molecule has 2 heterocycles. The van der Waals surface area contributed by atoms with Crippen LogP contribution in [0.1, 0.15) is 5.56 Å². The van der Waals surface area contributed by atoms with E-state index < -0.39 is 15.7 Å². The Balaban J connectivity index is 0.000000221. The van der Waals surface area contributed by atoms with Gasteiger partial charge in [-0.15, -0.1) is 23.2 Å². The minimum absolute atomic E-state index is 0.0221.